The summed E-state index contributed by atoms with van der Waals surface area (Å²) in [4.78, 5) is 4.58. The van der Waals surface area contributed by atoms with Gasteiger partial charge in [0.25, 0.3) is 0 Å². The fourth-order valence-electron chi connectivity index (χ4n) is 2.28. The fraction of sp³-hybridized carbons (Fsp3) is 0.600. The van der Waals surface area contributed by atoms with Crippen molar-refractivity contribution in [2.75, 3.05) is 46.4 Å². The number of benzene rings is 1. The third-order valence-electron chi connectivity index (χ3n) is 3.64. The van der Waals surface area contributed by atoms with Gasteiger partial charge in [-0.2, -0.15) is 0 Å². The number of rotatable bonds is 5. The first-order valence-corrected chi connectivity index (χ1v) is 7.40. The zero-order valence-corrected chi connectivity index (χ0v) is 12.9. The average molecular weight is 299 g/mol. The molecule has 0 aromatic heterocycles. The van der Waals surface area contributed by atoms with E-state index in [9.17, 15) is 5.11 Å². The average Bonchev–Trinajstić information content (AvgIpc) is 2.43. The molecule has 4 nitrogen and oxygen atoms in total. The molecule has 0 saturated carbocycles. The molecule has 20 heavy (non-hydrogen) atoms. The van der Waals surface area contributed by atoms with Crippen LogP contribution in [0.15, 0.2) is 18.2 Å². The highest BCUT2D eigenvalue weighted by molar-refractivity contribution is 6.31. The second kappa shape index (κ2) is 7.27. The standard InChI is InChI=1S/C15H23ClN2O2/c1-12-9-14(3-4-15(12)16)20-11-13(19)10-18-7-5-17(2)6-8-18/h3-4,9,13,19H,5-8,10-11H2,1-2H3. The first-order valence-electron chi connectivity index (χ1n) is 7.02. The Morgan fingerprint density at radius 2 is 2.00 bits per heavy atom. The molecule has 1 atom stereocenters. The van der Waals surface area contributed by atoms with Crippen LogP contribution in [0.5, 0.6) is 5.75 Å². The van der Waals surface area contributed by atoms with Gasteiger partial charge in [-0.25, -0.2) is 0 Å². The fourth-order valence-corrected chi connectivity index (χ4v) is 2.40. The lowest BCUT2D eigenvalue weighted by Gasteiger charge is -2.33. The highest BCUT2D eigenvalue weighted by Crippen LogP contribution is 2.21. The van der Waals surface area contributed by atoms with Crippen molar-refractivity contribution in [3.63, 3.8) is 0 Å². The lowest BCUT2D eigenvalue weighted by Crippen LogP contribution is -2.47. The smallest absolute Gasteiger partial charge is 0.119 e. The summed E-state index contributed by atoms with van der Waals surface area (Å²) in [5, 5.41) is 10.8. The number of nitrogens with zero attached hydrogens (tertiary/aromatic N) is 2. The van der Waals surface area contributed by atoms with E-state index in [4.69, 9.17) is 16.3 Å². The first kappa shape index (κ1) is 15.6. The molecule has 0 radical (unpaired) electrons. The van der Waals surface area contributed by atoms with Gasteiger partial charge in [0.05, 0.1) is 0 Å². The molecule has 0 spiro atoms. The summed E-state index contributed by atoms with van der Waals surface area (Å²) in [6, 6.07) is 5.54. The van der Waals surface area contributed by atoms with E-state index in [1.807, 2.05) is 25.1 Å². The first-order chi connectivity index (χ1) is 9.54. The van der Waals surface area contributed by atoms with Gasteiger partial charge in [0.15, 0.2) is 0 Å². The van der Waals surface area contributed by atoms with Gasteiger partial charge in [0.1, 0.15) is 18.5 Å². The van der Waals surface area contributed by atoms with Crippen molar-refractivity contribution >= 4 is 11.6 Å². The molecule has 0 amide bonds. The minimum atomic E-state index is -0.464. The molecular weight excluding hydrogens is 276 g/mol. The zero-order valence-electron chi connectivity index (χ0n) is 12.2. The highest BCUT2D eigenvalue weighted by Gasteiger charge is 2.17. The lowest BCUT2D eigenvalue weighted by molar-refractivity contribution is 0.0504. The molecule has 0 aliphatic carbocycles. The molecule has 1 heterocycles. The summed E-state index contributed by atoms with van der Waals surface area (Å²) >= 11 is 5.97. The van der Waals surface area contributed by atoms with E-state index in [1.165, 1.54) is 0 Å². The van der Waals surface area contributed by atoms with Crippen molar-refractivity contribution in [2.24, 2.45) is 0 Å². The van der Waals surface area contributed by atoms with Crippen LogP contribution in [-0.4, -0.2) is 67.4 Å². The van der Waals surface area contributed by atoms with Crippen LogP contribution < -0.4 is 4.74 Å². The number of β-amino-alcohol motifs (C(OH)–C–C–N with tert-alkyl or cyclic N) is 1. The van der Waals surface area contributed by atoms with E-state index in [0.717, 1.165) is 42.5 Å². The molecule has 112 valence electrons. The van der Waals surface area contributed by atoms with Crippen LogP contribution in [-0.2, 0) is 0 Å². The number of ether oxygens (including phenoxy) is 1. The van der Waals surface area contributed by atoms with Crippen molar-refractivity contribution in [3.05, 3.63) is 28.8 Å². The maximum atomic E-state index is 10.0. The van der Waals surface area contributed by atoms with Crippen LogP contribution >= 0.6 is 11.6 Å². The summed E-state index contributed by atoms with van der Waals surface area (Å²) < 4.78 is 5.62. The van der Waals surface area contributed by atoms with E-state index >= 15 is 0 Å². The zero-order chi connectivity index (χ0) is 14.5. The van der Waals surface area contributed by atoms with E-state index in [1.54, 1.807) is 0 Å². The predicted molar refractivity (Wildman–Crippen MR) is 81.6 cm³/mol. The van der Waals surface area contributed by atoms with Gasteiger partial charge in [-0.05, 0) is 37.7 Å². The largest absolute Gasteiger partial charge is 0.491 e. The third-order valence-corrected chi connectivity index (χ3v) is 4.06. The molecule has 1 saturated heterocycles. The van der Waals surface area contributed by atoms with Crippen molar-refractivity contribution in [1.29, 1.82) is 0 Å². The summed E-state index contributed by atoms with van der Waals surface area (Å²) in [6.45, 7) is 7.05. The Morgan fingerprint density at radius 3 is 2.65 bits per heavy atom. The molecule has 0 bridgehead atoms. The second-order valence-electron chi connectivity index (χ2n) is 5.48. The van der Waals surface area contributed by atoms with Crippen molar-refractivity contribution in [3.8, 4) is 5.75 Å². The summed E-state index contributed by atoms with van der Waals surface area (Å²) in [6.07, 6.45) is -0.464. The van der Waals surface area contributed by atoms with E-state index in [2.05, 4.69) is 16.8 Å². The molecule has 1 aromatic carbocycles. The Balaban J connectivity index is 1.74. The summed E-state index contributed by atoms with van der Waals surface area (Å²) in [7, 11) is 2.12. The van der Waals surface area contributed by atoms with Crippen molar-refractivity contribution in [1.82, 2.24) is 9.80 Å². The number of hydrogen-bond donors (Lipinski definition) is 1. The summed E-state index contributed by atoms with van der Waals surface area (Å²) in [5.74, 6) is 0.754. The molecule has 5 heteroatoms. The van der Waals surface area contributed by atoms with Crippen LogP contribution in [0, 0.1) is 6.92 Å². The molecule has 2 rings (SSSR count). The maximum absolute atomic E-state index is 10.0. The Bertz CT molecular complexity index is 434. The minimum Gasteiger partial charge on any atom is -0.491 e. The number of aliphatic hydroxyl groups excluding tert-OH is 1. The van der Waals surface area contributed by atoms with Gasteiger partial charge in [-0.3, -0.25) is 4.90 Å². The van der Waals surface area contributed by atoms with Crippen LogP contribution in [0.4, 0.5) is 0 Å². The van der Waals surface area contributed by atoms with Gasteiger partial charge >= 0.3 is 0 Å². The van der Waals surface area contributed by atoms with Crippen LogP contribution in [0.1, 0.15) is 5.56 Å². The van der Waals surface area contributed by atoms with Gasteiger partial charge < -0.3 is 14.7 Å². The monoisotopic (exact) mass is 298 g/mol. The van der Waals surface area contributed by atoms with Crippen molar-refractivity contribution in [2.45, 2.75) is 13.0 Å². The Morgan fingerprint density at radius 1 is 1.30 bits per heavy atom. The number of hydrogen-bond acceptors (Lipinski definition) is 4. The lowest BCUT2D eigenvalue weighted by atomic mass is 10.2. The number of halogens is 1. The highest BCUT2D eigenvalue weighted by atomic mass is 35.5. The van der Waals surface area contributed by atoms with E-state index in [0.29, 0.717) is 13.2 Å². The van der Waals surface area contributed by atoms with Crippen LogP contribution in [0.2, 0.25) is 5.02 Å². The number of aryl methyl sites for hydroxylation is 1. The van der Waals surface area contributed by atoms with E-state index in [-0.39, 0.29) is 0 Å². The molecule has 1 N–H and O–H groups in total. The number of piperazine rings is 1. The van der Waals surface area contributed by atoms with Gasteiger partial charge in [0, 0.05) is 37.7 Å². The van der Waals surface area contributed by atoms with Crippen LogP contribution in [0.25, 0.3) is 0 Å². The quantitative estimate of drug-likeness (QED) is 0.896. The topological polar surface area (TPSA) is 35.9 Å². The Labute approximate surface area is 125 Å². The van der Waals surface area contributed by atoms with Crippen LogP contribution in [0.3, 0.4) is 0 Å². The van der Waals surface area contributed by atoms with Crippen molar-refractivity contribution < 1.29 is 9.84 Å². The second-order valence-corrected chi connectivity index (χ2v) is 5.89. The Hall–Kier alpha value is -0.810. The molecular formula is C15H23ClN2O2. The Kier molecular flexibility index (Phi) is 5.66. The number of likely N-dealkylation sites (N-methyl/N-ethyl adjacent to an activating group) is 1. The predicted octanol–water partition coefficient (Wildman–Crippen LogP) is 1.64. The normalized spacial score (nSPS) is 19.0. The third kappa shape index (κ3) is 4.63. The van der Waals surface area contributed by atoms with E-state index < -0.39 is 6.10 Å². The van der Waals surface area contributed by atoms with Gasteiger partial charge in [0.2, 0.25) is 0 Å². The van der Waals surface area contributed by atoms with Gasteiger partial charge in [-0.1, -0.05) is 11.6 Å². The SMILES string of the molecule is Cc1cc(OCC(O)CN2CCN(C)CC2)ccc1Cl. The minimum absolute atomic E-state index is 0.313. The molecule has 1 aromatic rings. The number of aliphatic hydroxyl groups is 1. The maximum Gasteiger partial charge on any atom is 0.119 e. The summed E-state index contributed by atoms with van der Waals surface area (Å²) in [5.41, 5.74) is 0.984. The molecule has 1 unspecified atom stereocenters. The molecule has 1 fully saturated rings. The molecule has 1 aliphatic heterocycles. The molecule has 1 aliphatic rings. The van der Waals surface area contributed by atoms with Gasteiger partial charge in [-0.15, -0.1) is 0 Å².